The molecule has 0 fully saturated rings. The molecule has 4 nitrogen and oxygen atoms in total. The molecule has 0 bridgehead atoms. The lowest BCUT2D eigenvalue weighted by molar-refractivity contribution is -0.111. The summed E-state index contributed by atoms with van der Waals surface area (Å²) in [5.41, 5.74) is 3.78. The number of carbonyl (C=O) groups is 2. The van der Waals surface area contributed by atoms with Crippen molar-refractivity contribution in [2.75, 3.05) is 12.1 Å². The van der Waals surface area contributed by atoms with Crippen molar-refractivity contribution in [3.05, 3.63) is 83.6 Å². The highest BCUT2D eigenvalue weighted by molar-refractivity contribution is 6.54. The number of rotatable bonds is 1. The molecule has 112 valence electrons. The lowest BCUT2D eigenvalue weighted by Gasteiger charge is -2.31. The normalized spacial score (nSPS) is 16.8. The molecule has 0 atom stereocenters. The van der Waals surface area contributed by atoms with Gasteiger partial charge in [-0.25, -0.2) is 0 Å². The Morgan fingerprint density at radius 3 is 2.13 bits per heavy atom. The summed E-state index contributed by atoms with van der Waals surface area (Å²) in [4.78, 5) is 25.0. The number of allylic oxidation sites excluding steroid dienone is 1. The predicted octanol–water partition coefficient (Wildman–Crippen LogP) is 3.04. The maximum Gasteiger partial charge on any atom is 0.237 e. The van der Waals surface area contributed by atoms with Crippen LogP contribution < -0.4 is 5.01 Å². The molecule has 2 aliphatic rings. The van der Waals surface area contributed by atoms with E-state index in [1.54, 1.807) is 12.1 Å². The summed E-state index contributed by atoms with van der Waals surface area (Å²) in [7, 11) is 1.84. The second kappa shape index (κ2) is 4.68. The summed E-state index contributed by atoms with van der Waals surface area (Å²) in [6.07, 6.45) is 0. The van der Waals surface area contributed by atoms with Crippen molar-refractivity contribution in [3.8, 4) is 0 Å². The van der Waals surface area contributed by atoms with Crippen LogP contribution in [0.2, 0.25) is 0 Å². The first-order chi connectivity index (χ1) is 11.1. The van der Waals surface area contributed by atoms with Crippen LogP contribution in [0.4, 0.5) is 5.69 Å². The van der Waals surface area contributed by atoms with Crippen LogP contribution in [0.3, 0.4) is 0 Å². The zero-order valence-electron chi connectivity index (χ0n) is 12.6. The minimum atomic E-state index is -0.492. The van der Waals surface area contributed by atoms with Crippen LogP contribution >= 0.6 is 0 Å². The fraction of sp³-hybridized carbons (Fsp3) is 0.0526. The summed E-state index contributed by atoms with van der Waals surface area (Å²) in [6.45, 7) is 4.01. The number of hydrogen-bond acceptors (Lipinski definition) is 4. The van der Waals surface area contributed by atoms with Crippen molar-refractivity contribution in [2.24, 2.45) is 0 Å². The molecule has 0 spiro atoms. The van der Waals surface area contributed by atoms with Crippen molar-refractivity contribution >= 4 is 23.0 Å². The van der Waals surface area contributed by atoms with E-state index in [9.17, 15) is 9.59 Å². The molecule has 0 radical (unpaired) electrons. The van der Waals surface area contributed by atoms with Gasteiger partial charge in [0.15, 0.2) is 0 Å². The van der Waals surface area contributed by atoms with Gasteiger partial charge >= 0.3 is 0 Å². The molecule has 0 N–H and O–H groups in total. The summed E-state index contributed by atoms with van der Waals surface area (Å²) in [5.74, 6) is -0.960. The molecule has 0 saturated carbocycles. The van der Waals surface area contributed by atoms with Crippen LogP contribution in [0.15, 0.2) is 72.4 Å². The number of hydrazine groups is 1. The highest BCUT2D eigenvalue weighted by Gasteiger charge is 2.43. The fourth-order valence-corrected chi connectivity index (χ4v) is 3.16. The third kappa shape index (κ3) is 1.72. The smallest absolute Gasteiger partial charge is 0.237 e. The second-order valence-corrected chi connectivity index (χ2v) is 5.55. The Hall–Kier alpha value is -3.14. The summed E-state index contributed by atoms with van der Waals surface area (Å²) >= 11 is 0. The number of anilines is 1. The first kappa shape index (κ1) is 13.5. The summed E-state index contributed by atoms with van der Waals surface area (Å²) in [5, 5.41) is 3.74. The lowest BCUT2D eigenvalue weighted by Crippen LogP contribution is -2.32. The van der Waals surface area contributed by atoms with E-state index >= 15 is 0 Å². The Bertz CT molecular complexity index is 897. The summed E-state index contributed by atoms with van der Waals surface area (Å²) in [6, 6.07) is 17.0. The van der Waals surface area contributed by atoms with E-state index in [1.165, 1.54) is 0 Å². The molecule has 4 heteroatoms. The molecule has 2 aromatic rings. The van der Waals surface area contributed by atoms with Gasteiger partial charge in [0.25, 0.3) is 0 Å². The molecule has 1 heterocycles. The first-order valence-corrected chi connectivity index (χ1v) is 7.32. The van der Waals surface area contributed by atoms with Gasteiger partial charge in [-0.3, -0.25) is 19.6 Å². The molecule has 1 aliphatic heterocycles. The fourth-order valence-electron chi connectivity index (χ4n) is 3.16. The third-order valence-corrected chi connectivity index (χ3v) is 4.29. The van der Waals surface area contributed by atoms with Gasteiger partial charge in [-0.1, -0.05) is 49.0 Å². The number of ketones is 2. The molecule has 0 saturated heterocycles. The molecule has 0 unspecified atom stereocenters. The Labute approximate surface area is 133 Å². The average molecular weight is 302 g/mol. The number of para-hydroxylation sites is 1. The van der Waals surface area contributed by atoms with E-state index < -0.39 is 11.6 Å². The maximum atomic E-state index is 12.6. The van der Waals surface area contributed by atoms with E-state index in [-0.39, 0.29) is 0 Å². The minimum absolute atomic E-state index is 0.389. The van der Waals surface area contributed by atoms with Crippen LogP contribution in [0, 0.1) is 0 Å². The van der Waals surface area contributed by atoms with E-state index in [1.807, 2.05) is 59.5 Å². The van der Waals surface area contributed by atoms with Crippen LogP contribution in [0.1, 0.15) is 15.9 Å². The highest BCUT2D eigenvalue weighted by Crippen LogP contribution is 2.44. The molecule has 23 heavy (non-hydrogen) atoms. The SMILES string of the molecule is C=C1C2=C(c3ccccc3C(=O)C2=O)N(c2ccccc2)N1C. The number of carbonyl (C=O) groups excluding carboxylic acids is 2. The number of benzene rings is 2. The van der Waals surface area contributed by atoms with Gasteiger partial charge in [0.2, 0.25) is 11.6 Å². The predicted molar refractivity (Wildman–Crippen MR) is 88.5 cm³/mol. The molecular formula is C19H14N2O2. The van der Waals surface area contributed by atoms with E-state index in [0.717, 1.165) is 16.9 Å². The van der Waals surface area contributed by atoms with Gasteiger partial charge in [0.1, 0.15) is 0 Å². The molecule has 2 aromatic carbocycles. The van der Waals surface area contributed by atoms with Gasteiger partial charge in [-0.15, -0.1) is 0 Å². The largest absolute Gasteiger partial charge is 0.285 e. The minimum Gasteiger partial charge on any atom is -0.285 e. The van der Waals surface area contributed by atoms with Gasteiger partial charge in [-0.05, 0) is 12.1 Å². The van der Waals surface area contributed by atoms with Crippen LogP contribution in [-0.2, 0) is 4.79 Å². The van der Waals surface area contributed by atoms with E-state index in [0.29, 0.717) is 16.8 Å². The van der Waals surface area contributed by atoms with Crippen LogP contribution in [-0.4, -0.2) is 23.6 Å². The average Bonchev–Trinajstić information content (AvgIpc) is 2.85. The van der Waals surface area contributed by atoms with Crippen molar-refractivity contribution in [3.63, 3.8) is 0 Å². The Morgan fingerprint density at radius 2 is 1.43 bits per heavy atom. The topological polar surface area (TPSA) is 40.6 Å². The highest BCUT2D eigenvalue weighted by atomic mass is 16.2. The zero-order valence-corrected chi connectivity index (χ0v) is 12.6. The second-order valence-electron chi connectivity index (χ2n) is 5.55. The molecule has 4 rings (SSSR count). The lowest BCUT2D eigenvalue weighted by atomic mass is 9.87. The van der Waals surface area contributed by atoms with Crippen LogP contribution in [0.25, 0.3) is 5.70 Å². The van der Waals surface area contributed by atoms with Crippen molar-refractivity contribution in [2.45, 2.75) is 0 Å². The standard InChI is InChI=1S/C19H14N2O2/c1-12-16-17(21(20(12)2)13-8-4-3-5-9-13)14-10-6-7-11-15(14)18(22)19(16)23/h3-11H,1H2,2H3. The number of likely N-dealkylation sites (N-methyl/N-ethyl adjacent to an activating group) is 1. The quantitative estimate of drug-likeness (QED) is 0.759. The maximum absolute atomic E-state index is 12.6. The monoisotopic (exact) mass is 302 g/mol. The molecule has 1 aliphatic carbocycles. The van der Waals surface area contributed by atoms with E-state index in [4.69, 9.17) is 0 Å². The number of hydrogen-bond donors (Lipinski definition) is 0. The van der Waals surface area contributed by atoms with Crippen molar-refractivity contribution in [1.29, 1.82) is 0 Å². The number of Topliss-reactive ketones (excluding diaryl/α,β-unsaturated/α-hetero) is 2. The number of fused-ring (bicyclic) bond motifs is 2. The Kier molecular flexibility index (Phi) is 2.75. The van der Waals surface area contributed by atoms with E-state index in [2.05, 4.69) is 6.58 Å². The van der Waals surface area contributed by atoms with Crippen molar-refractivity contribution < 1.29 is 9.59 Å². The Balaban J connectivity index is 2.02. The summed E-state index contributed by atoms with van der Waals surface area (Å²) < 4.78 is 0. The first-order valence-electron chi connectivity index (χ1n) is 7.32. The Morgan fingerprint density at radius 1 is 0.826 bits per heavy atom. The number of nitrogens with zero attached hydrogens (tertiary/aromatic N) is 2. The third-order valence-electron chi connectivity index (χ3n) is 4.29. The van der Waals surface area contributed by atoms with Gasteiger partial charge in [0.05, 0.1) is 22.7 Å². The van der Waals surface area contributed by atoms with Gasteiger partial charge in [0, 0.05) is 18.2 Å². The van der Waals surface area contributed by atoms with Crippen LogP contribution in [0.5, 0.6) is 0 Å². The molecular weight excluding hydrogens is 288 g/mol. The zero-order chi connectivity index (χ0) is 16.1. The molecule has 0 amide bonds. The molecule has 0 aromatic heterocycles. The van der Waals surface area contributed by atoms with Gasteiger partial charge < -0.3 is 0 Å². The van der Waals surface area contributed by atoms with Crippen molar-refractivity contribution in [1.82, 2.24) is 5.01 Å². The van der Waals surface area contributed by atoms with Gasteiger partial charge in [-0.2, -0.15) is 0 Å².